The van der Waals surface area contributed by atoms with E-state index in [-0.39, 0.29) is 17.9 Å². The minimum atomic E-state index is -5.08. The van der Waals surface area contributed by atoms with Crippen molar-refractivity contribution < 1.29 is 60.5 Å². The number of anilines is 6. The van der Waals surface area contributed by atoms with E-state index in [1.54, 1.807) is 24.4 Å². The highest BCUT2D eigenvalue weighted by Gasteiger charge is 2.39. The minimum absolute atomic E-state index is 0.0434. The van der Waals surface area contributed by atoms with E-state index in [9.17, 15) is 35.9 Å². The van der Waals surface area contributed by atoms with Crippen LogP contribution in [0.15, 0.2) is 67.1 Å². The van der Waals surface area contributed by atoms with Crippen LogP contribution in [0.25, 0.3) is 0 Å². The lowest BCUT2D eigenvalue weighted by Crippen LogP contribution is -2.41. The fourth-order valence-electron chi connectivity index (χ4n) is 5.50. The number of halogens is 7. The first kappa shape index (κ1) is 44.3. The Labute approximate surface area is 330 Å². The number of alkyl halides is 6. The number of likely N-dealkylation sites (tertiary alicyclic amines) is 1. The molecular formula is C36H35ClF6N8O7. The first-order valence-corrected chi connectivity index (χ1v) is 17.4. The second-order valence-electron chi connectivity index (χ2n) is 12.5. The third-order valence-electron chi connectivity index (χ3n) is 8.33. The minimum Gasteiger partial charge on any atom is -0.495 e. The van der Waals surface area contributed by atoms with Gasteiger partial charge in [0.1, 0.15) is 10.8 Å². The van der Waals surface area contributed by atoms with Crippen LogP contribution in [0.1, 0.15) is 30.4 Å². The number of carboxylic acid groups (broad SMARTS) is 2. The number of para-hydroxylation sites is 2. The number of amides is 3. The number of hydrogen-bond acceptors (Lipinski definition) is 10. The smallest absolute Gasteiger partial charge is 0.490 e. The zero-order valence-corrected chi connectivity index (χ0v) is 31.0. The van der Waals surface area contributed by atoms with Gasteiger partial charge in [0.05, 0.1) is 30.9 Å². The van der Waals surface area contributed by atoms with E-state index in [4.69, 9.17) is 36.1 Å². The highest BCUT2D eigenvalue weighted by Crippen LogP contribution is 2.31. The molecular weight excluding hydrogens is 806 g/mol. The second-order valence-corrected chi connectivity index (χ2v) is 12.9. The predicted molar refractivity (Wildman–Crippen MR) is 199 cm³/mol. The summed E-state index contributed by atoms with van der Waals surface area (Å²) in [7, 11) is 1.58. The van der Waals surface area contributed by atoms with Gasteiger partial charge in [0, 0.05) is 37.1 Å². The molecule has 0 unspecified atom stereocenters. The van der Waals surface area contributed by atoms with E-state index in [1.165, 1.54) is 0 Å². The van der Waals surface area contributed by atoms with Crippen molar-refractivity contribution in [2.75, 3.05) is 41.5 Å². The van der Waals surface area contributed by atoms with E-state index < -0.39 is 24.3 Å². The molecule has 0 saturated carbocycles. The summed E-state index contributed by atoms with van der Waals surface area (Å²) < 4.78 is 68.8. The Morgan fingerprint density at radius 2 is 1.52 bits per heavy atom. The van der Waals surface area contributed by atoms with Crippen LogP contribution >= 0.6 is 11.6 Å². The van der Waals surface area contributed by atoms with Crippen molar-refractivity contribution in [3.8, 4) is 5.75 Å². The van der Waals surface area contributed by atoms with E-state index in [2.05, 4.69) is 36.2 Å². The van der Waals surface area contributed by atoms with Gasteiger partial charge in [-0.25, -0.2) is 19.4 Å². The van der Waals surface area contributed by atoms with E-state index in [0.29, 0.717) is 54.2 Å². The number of fused-ring (bicyclic) bond motifs is 6. The Morgan fingerprint density at radius 3 is 2.16 bits per heavy atom. The highest BCUT2D eigenvalue weighted by molar-refractivity contribution is 6.32. The van der Waals surface area contributed by atoms with Gasteiger partial charge < -0.3 is 41.1 Å². The first-order chi connectivity index (χ1) is 27.3. The fourth-order valence-corrected chi connectivity index (χ4v) is 5.64. The molecule has 1 saturated heterocycles. The lowest BCUT2D eigenvalue weighted by Gasteiger charge is -2.32. The van der Waals surface area contributed by atoms with Crippen LogP contribution in [0.4, 0.5) is 65.7 Å². The molecule has 58 heavy (non-hydrogen) atoms. The van der Waals surface area contributed by atoms with Crippen molar-refractivity contribution >= 4 is 70.0 Å². The highest BCUT2D eigenvalue weighted by atomic mass is 35.5. The van der Waals surface area contributed by atoms with Gasteiger partial charge in [-0.05, 0) is 79.1 Å². The Morgan fingerprint density at radius 1 is 0.862 bits per heavy atom. The fraction of sp³-hybridized carbons (Fsp3) is 0.306. The van der Waals surface area contributed by atoms with Gasteiger partial charge in [-0.15, -0.1) is 0 Å². The maximum Gasteiger partial charge on any atom is 0.490 e. The normalized spacial score (nSPS) is 13.8. The number of carbonyl (C=O) groups excluding carboxylic acids is 2. The molecule has 310 valence electrons. The van der Waals surface area contributed by atoms with Gasteiger partial charge in [0.2, 0.25) is 11.9 Å². The number of aliphatic carboxylic acids is 2. The summed E-state index contributed by atoms with van der Waals surface area (Å²) in [5.74, 6) is -3.88. The number of urea groups is 1. The number of rotatable bonds is 5. The number of nitrogens with one attached hydrogen (secondary N) is 4. The summed E-state index contributed by atoms with van der Waals surface area (Å²) in [6.07, 6.45) is -1.76. The molecule has 4 heterocycles. The third kappa shape index (κ3) is 13.4. The largest absolute Gasteiger partial charge is 0.495 e. The monoisotopic (exact) mass is 840 g/mol. The first-order valence-electron chi connectivity index (χ1n) is 17.0. The second kappa shape index (κ2) is 19.7. The molecule has 4 aromatic rings. The SMILES string of the molecule is COc1ccccc1NC(=O)N1CCC(CC(=O)Nc2ccc3cc2CCc2cncc(c2)Nc2ncc(Cl)c(n2)N3)CC1.O=C(O)C(F)(F)F.O=C(O)C(F)(F)F. The quantitative estimate of drug-likeness (QED) is 0.107. The lowest BCUT2D eigenvalue weighted by atomic mass is 9.93. The van der Waals surface area contributed by atoms with Crippen LogP contribution in [0.3, 0.4) is 0 Å². The molecule has 0 aliphatic carbocycles. The van der Waals surface area contributed by atoms with Crippen molar-refractivity contribution in [2.24, 2.45) is 5.92 Å². The van der Waals surface area contributed by atoms with Crippen molar-refractivity contribution in [1.29, 1.82) is 0 Å². The molecule has 2 aromatic heterocycles. The van der Waals surface area contributed by atoms with E-state index >= 15 is 0 Å². The third-order valence-corrected chi connectivity index (χ3v) is 8.61. The molecule has 6 N–H and O–H groups in total. The molecule has 15 nitrogen and oxygen atoms in total. The predicted octanol–water partition coefficient (Wildman–Crippen LogP) is 7.66. The number of benzene rings is 2. The molecule has 22 heteroatoms. The summed E-state index contributed by atoms with van der Waals surface area (Å²) in [5, 5.41) is 27.2. The van der Waals surface area contributed by atoms with Crippen LogP contribution in [0.5, 0.6) is 5.75 Å². The summed E-state index contributed by atoms with van der Waals surface area (Å²) in [5.41, 5.74) is 5.00. The van der Waals surface area contributed by atoms with Crippen LogP contribution in [-0.2, 0) is 27.2 Å². The number of carboxylic acids is 2. The van der Waals surface area contributed by atoms with Gasteiger partial charge in [-0.1, -0.05) is 23.7 Å². The molecule has 0 atom stereocenters. The number of methoxy groups -OCH3 is 1. The molecule has 2 aliphatic heterocycles. The molecule has 2 aromatic carbocycles. The van der Waals surface area contributed by atoms with Crippen molar-refractivity contribution in [3.05, 3.63) is 83.3 Å². The average molecular weight is 841 g/mol. The van der Waals surface area contributed by atoms with Crippen LogP contribution in [0.2, 0.25) is 5.02 Å². The Bertz CT molecular complexity index is 2080. The Kier molecular flexibility index (Phi) is 15.0. The Hall–Kier alpha value is -6.38. The number of carbonyl (C=O) groups is 4. The molecule has 1 fully saturated rings. The number of ether oxygens (including phenoxy) is 1. The number of aryl methyl sites for hydroxylation is 2. The molecule has 0 radical (unpaired) electrons. The number of aromatic nitrogens is 3. The van der Waals surface area contributed by atoms with Crippen LogP contribution in [0, 0.1) is 5.92 Å². The zero-order chi connectivity index (χ0) is 42.6. The van der Waals surface area contributed by atoms with Gasteiger partial charge in [-0.2, -0.15) is 31.3 Å². The molecule has 6 bridgehead atoms. The van der Waals surface area contributed by atoms with Crippen LogP contribution < -0.4 is 26.0 Å². The number of nitrogens with zero attached hydrogens (tertiary/aromatic N) is 4. The maximum absolute atomic E-state index is 13.2. The van der Waals surface area contributed by atoms with Crippen molar-refractivity contribution in [1.82, 2.24) is 19.9 Å². The average Bonchev–Trinajstić information content (AvgIpc) is 3.16. The van der Waals surface area contributed by atoms with Gasteiger partial charge in [0.25, 0.3) is 0 Å². The van der Waals surface area contributed by atoms with Gasteiger partial charge >= 0.3 is 30.3 Å². The van der Waals surface area contributed by atoms with Gasteiger partial charge in [-0.3, -0.25) is 9.78 Å². The Balaban J connectivity index is 0.000000456. The van der Waals surface area contributed by atoms with Crippen molar-refractivity contribution in [2.45, 2.75) is 44.5 Å². The summed E-state index contributed by atoms with van der Waals surface area (Å²) in [4.78, 5) is 58.8. The van der Waals surface area contributed by atoms with Crippen molar-refractivity contribution in [3.63, 3.8) is 0 Å². The maximum atomic E-state index is 13.2. The zero-order valence-electron chi connectivity index (χ0n) is 30.2. The van der Waals surface area contributed by atoms with E-state index in [0.717, 1.165) is 47.5 Å². The summed E-state index contributed by atoms with van der Waals surface area (Å²) in [6.45, 7) is 1.17. The number of piperidine rings is 1. The summed E-state index contributed by atoms with van der Waals surface area (Å²) in [6, 6.07) is 15.0. The number of pyridine rings is 1. The van der Waals surface area contributed by atoms with Crippen LogP contribution in [-0.4, -0.2) is 86.5 Å². The van der Waals surface area contributed by atoms with Gasteiger partial charge in [0.15, 0.2) is 5.82 Å². The van der Waals surface area contributed by atoms with E-state index in [1.807, 2.05) is 54.7 Å². The summed E-state index contributed by atoms with van der Waals surface area (Å²) >= 11 is 6.39. The standard InChI is InChI=1S/C32H33ClN8O3.2C2HF3O2/c1-44-28-5-3-2-4-27(28)39-32(43)41-12-10-20(11-13-41)15-29(42)38-26-9-8-23-16-22(26)7-6-21-14-24(18-34-17-21)37-31-35-19-25(33)30(36-23)40-31;2*3-2(4,5)1(6)7/h2-5,8-9,14,16-20H,6-7,10-13,15H2,1H3,(H,38,42)(H,39,43)(H2,35,36,37,40);2*(H,6,7). The molecule has 3 amide bonds. The number of hydrogen-bond donors (Lipinski definition) is 6. The molecule has 2 aliphatic rings. The topological polar surface area (TPSA) is 208 Å². The lowest BCUT2D eigenvalue weighted by molar-refractivity contribution is -0.193. The molecule has 6 rings (SSSR count). The molecule has 0 spiro atoms.